The van der Waals surface area contributed by atoms with Gasteiger partial charge in [-0.05, 0) is 44.6 Å². The molecular weight excluding hydrogens is 527 g/mol. The summed E-state index contributed by atoms with van der Waals surface area (Å²) in [5.41, 5.74) is 1.45. The van der Waals surface area contributed by atoms with E-state index in [-0.39, 0.29) is 41.2 Å². The molecule has 1 saturated carbocycles. The summed E-state index contributed by atoms with van der Waals surface area (Å²) in [6.07, 6.45) is 6.58. The van der Waals surface area contributed by atoms with Crippen LogP contribution in [0.4, 0.5) is 0 Å². The molecule has 1 aromatic carbocycles. The molecule has 0 aromatic heterocycles. The van der Waals surface area contributed by atoms with E-state index in [4.69, 9.17) is 9.73 Å². The number of aliphatic imine (C=N–C) groups is 1. The second-order valence-electron chi connectivity index (χ2n) is 8.28. The molecule has 31 heavy (non-hydrogen) atoms. The van der Waals surface area contributed by atoms with Crippen LogP contribution in [0.1, 0.15) is 51.0 Å². The topological polar surface area (TPSA) is 91.8 Å². The zero-order valence-corrected chi connectivity index (χ0v) is 21.6. The van der Waals surface area contributed by atoms with Gasteiger partial charge in [0, 0.05) is 31.7 Å². The van der Waals surface area contributed by atoms with Crippen LogP contribution in [-0.2, 0) is 20.2 Å². The van der Waals surface area contributed by atoms with Crippen molar-refractivity contribution in [1.82, 2.24) is 15.4 Å². The lowest BCUT2D eigenvalue weighted by atomic mass is 9.64. The van der Waals surface area contributed by atoms with Crippen LogP contribution in [0.3, 0.4) is 0 Å². The molecule has 1 aliphatic heterocycles. The number of hydrogen-bond donors (Lipinski definition) is 3. The first-order valence-electron chi connectivity index (χ1n) is 11.2. The van der Waals surface area contributed by atoms with Gasteiger partial charge in [-0.15, -0.1) is 24.0 Å². The lowest BCUT2D eigenvalue weighted by molar-refractivity contribution is 0.0200. The zero-order valence-electron chi connectivity index (χ0n) is 18.4. The first kappa shape index (κ1) is 26.3. The SMILES string of the molecule is CCNC(=NCC1(c2ccccc2)CCC1)NCCS(=O)(=O)NCC1CCCCO1.I. The van der Waals surface area contributed by atoms with Gasteiger partial charge >= 0.3 is 0 Å². The summed E-state index contributed by atoms with van der Waals surface area (Å²) in [5.74, 6) is 0.680. The van der Waals surface area contributed by atoms with Crippen LogP contribution in [0.2, 0.25) is 0 Å². The molecule has 3 rings (SSSR count). The summed E-state index contributed by atoms with van der Waals surface area (Å²) >= 11 is 0. The Labute approximate surface area is 204 Å². The normalized spacial score (nSPS) is 20.9. The first-order valence-corrected chi connectivity index (χ1v) is 12.8. The van der Waals surface area contributed by atoms with Crippen LogP contribution in [0.15, 0.2) is 35.3 Å². The molecule has 1 aromatic rings. The van der Waals surface area contributed by atoms with Crippen molar-refractivity contribution in [3.8, 4) is 0 Å². The summed E-state index contributed by atoms with van der Waals surface area (Å²) in [7, 11) is -3.35. The predicted molar refractivity (Wildman–Crippen MR) is 137 cm³/mol. The molecule has 9 heteroatoms. The van der Waals surface area contributed by atoms with Gasteiger partial charge in [-0.1, -0.05) is 36.8 Å². The van der Waals surface area contributed by atoms with Gasteiger partial charge in [-0.25, -0.2) is 13.1 Å². The smallest absolute Gasteiger partial charge is 0.213 e. The fourth-order valence-electron chi connectivity index (χ4n) is 4.07. The minimum absolute atomic E-state index is 0. The van der Waals surface area contributed by atoms with E-state index in [1.165, 1.54) is 12.0 Å². The highest BCUT2D eigenvalue weighted by atomic mass is 127. The minimum atomic E-state index is -3.35. The molecule has 0 spiro atoms. The van der Waals surface area contributed by atoms with Crippen LogP contribution in [0, 0.1) is 0 Å². The predicted octanol–water partition coefficient (Wildman–Crippen LogP) is 2.77. The van der Waals surface area contributed by atoms with E-state index in [1.54, 1.807) is 0 Å². The molecular formula is C22H37IN4O3S. The second-order valence-corrected chi connectivity index (χ2v) is 10.2. The number of benzene rings is 1. The van der Waals surface area contributed by atoms with Crippen molar-refractivity contribution in [3.05, 3.63) is 35.9 Å². The fourth-order valence-corrected chi connectivity index (χ4v) is 5.02. The van der Waals surface area contributed by atoms with E-state index < -0.39 is 10.0 Å². The molecule has 1 saturated heterocycles. The maximum Gasteiger partial charge on any atom is 0.213 e. The Morgan fingerprint density at radius 1 is 1.16 bits per heavy atom. The standard InChI is InChI=1S/C22H36N4O3S.HI/c1-2-23-21(25-18-22(12-8-13-22)19-9-4-3-5-10-19)24-14-16-30(27,28)26-17-20-11-6-7-15-29-20;/h3-5,9-10,20,26H,2,6-8,11-18H2,1H3,(H2,23,24,25);1H. The third kappa shape index (κ3) is 8.18. The van der Waals surface area contributed by atoms with E-state index in [9.17, 15) is 8.42 Å². The highest BCUT2D eigenvalue weighted by Crippen LogP contribution is 2.43. The number of ether oxygens (including phenoxy) is 1. The quantitative estimate of drug-likeness (QED) is 0.231. The molecule has 1 heterocycles. The van der Waals surface area contributed by atoms with Crippen molar-refractivity contribution in [1.29, 1.82) is 0 Å². The van der Waals surface area contributed by atoms with Gasteiger partial charge in [0.15, 0.2) is 5.96 Å². The Morgan fingerprint density at radius 2 is 1.94 bits per heavy atom. The molecule has 2 fully saturated rings. The maximum absolute atomic E-state index is 12.3. The van der Waals surface area contributed by atoms with Crippen LogP contribution in [-0.4, -0.2) is 59.0 Å². The van der Waals surface area contributed by atoms with Crippen LogP contribution >= 0.6 is 24.0 Å². The van der Waals surface area contributed by atoms with Gasteiger partial charge < -0.3 is 15.4 Å². The van der Waals surface area contributed by atoms with Crippen molar-refractivity contribution in [2.75, 3.05) is 38.5 Å². The molecule has 1 aliphatic carbocycles. The van der Waals surface area contributed by atoms with Gasteiger partial charge in [0.25, 0.3) is 0 Å². The molecule has 1 atom stereocenters. The van der Waals surface area contributed by atoms with Crippen molar-refractivity contribution < 1.29 is 13.2 Å². The molecule has 7 nitrogen and oxygen atoms in total. The van der Waals surface area contributed by atoms with Gasteiger partial charge in [-0.2, -0.15) is 0 Å². The summed E-state index contributed by atoms with van der Waals surface area (Å²) in [6, 6.07) is 10.6. The summed E-state index contributed by atoms with van der Waals surface area (Å²) in [4.78, 5) is 4.78. The van der Waals surface area contributed by atoms with Gasteiger partial charge in [0.1, 0.15) is 0 Å². The zero-order chi connectivity index (χ0) is 21.3. The number of rotatable bonds is 10. The van der Waals surface area contributed by atoms with Gasteiger partial charge in [-0.3, -0.25) is 4.99 Å². The summed E-state index contributed by atoms with van der Waals surface area (Å²) in [5, 5.41) is 6.40. The summed E-state index contributed by atoms with van der Waals surface area (Å²) in [6.45, 7) is 4.84. The lowest BCUT2D eigenvalue weighted by Gasteiger charge is -2.41. The molecule has 0 amide bonds. The largest absolute Gasteiger partial charge is 0.377 e. The molecule has 0 bridgehead atoms. The second kappa shape index (κ2) is 13.0. The van der Waals surface area contributed by atoms with Crippen molar-refractivity contribution >= 4 is 40.0 Å². The molecule has 0 radical (unpaired) electrons. The number of halogens is 1. The lowest BCUT2D eigenvalue weighted by Crippen LogP contribution is -2.44. The average molecular weight is 565 g/mol. The third-order valence-corrected chi connectivity index (χ3v) is 7.40. The highest BCUT2D eigenvalue weighted by molar-refractivity contribution is 14.0. The number of nitrogens with one attached hydrogen (secondary N) is 3. The Morgan fingerprint density at radius 3 is 2.55 bits per heavy atom. The average Bonchev–Trinajstić information content (AvgIpc) is 2.73. The van der Waals surface area contributed by atoms with Crippen molar-refractivity contribution in [3.63, 3.8) is 0 Å². The maximum atomic E-state index is 12.3. The Bertz CT molecular complexity index is 779. The Balaban J connectivity index is 0.00000341. The highest BCUT2D eigenvalue weighted by Gasteiger charge is 2.38. The Hall–Kier alpha value is -0.910. The Kier molecular flexibility index (Phi) is 11.0. The van der Waals surface area contributed by atoms with E-state index in [0.717, 1.165) is 45.3 Å². The first-order chi connectivity index (χ1) is 14.5. The van der Waals surface area contributed by atoms with E-state index >= 15 is 0 Å². The molecule has 3 N–H and O–H groups in total. The van der Waals surface area contributed by atoms with Crippen molar-refractivity contribution in [2.24, 2.45) is 4.99 Å². The van der Waals surface area contributed by atoms with Gasteiger partial charge in [0.2, 0.25) is 10.0 Å². The van der Waals surface area contributed by atoms with Crippen molar-refractivity contribution in [2.45, 2.75) is 57.0 Å². The minimum Gasteiger partial charge on any atom is -0.377 e. The van der Waals surface area contributed by atoms with Crippen LogP contribution in [0.25, 0.3) is 0 Å². The monoisotopic (exact) mass is 564 g/mol. The molecule has 2 aliphatic rings. The van der Waals surface area contributed by atoms with E-state index in [0.29, 0.717) is 25.6 Å². The number of sulfonamides is 1. The third-order valence-electron chi connectivity index (χ3n) is 6.05. The molecule has 176 valence electrons. The van der Waals surface area contributed by atoms with Crippen LogP contribution < -0.4 is 15.4 Å². The summed E-state index contributed by atoms with van der Waals surface area (Å²) < 4.78 is 32.9. The number of guanidine groups is 1. The fraction of sp³-hybridized carbons (Fsp3) is 0.682. The van der Waals surface area contributed by atoms with Gasteiger partial charge in [0.05, 0.1) is 18.4 Å². The molecule has 1 unspecified atom stereocenters. The van der Waals surface area contributed by atoms with E-state index in [2.05, 4.69) is 39.6 Å². The van der Waals surface area contributed by atoms with E-state index in [1.807, 2.05) is 13.0 Å². The number of hydrogen-bond acceptors (Lipinski definition) is 4. The van der Waals surface area contributed by atoms with Crippen LogP contribution in [0.5, 0.6) is 0 Å². The number of nitrogens with zero attached hydrogens (tertiary/aromatic N) is 1.